The monoisotopic (exact) mass is 465 g/mol. The molecule has 4 rings (SSSR count). The van der Waals surface area contributed by atoms with Gasteiger partial charge in [0.15, 0.2) is 0 Å². The van der Waals surface area contributed by atoms with Gasteiger partial charge in [-0.25, -0.2) is 13.8 Å². The molecule has 1 saturated heterocycles. The molecule has 2 aliphatic rings. The lowest BCUT2D eigenvalue weighted by molar-refractivity contribution is -0.141. The molecule has 1 aromatic carbocycles. The largest absolute Gasteiger partial charge is 0.481 e. The zero-order chi connectivity index (χ0) is 22.9. The number of amides is 1. The fraction of sp³-hybridized carbons (Fsp3) is 0.522. The molecule has 172 valence electrons. The summed E-state index contributed by atoms with van der Waals surface area (Å²) < 4.78 is 27.3. The Morgan fingerprint density at radius 1 is 1.22 bits per heavy atom. The van der Waals surface area contributed by atoms with Crippen LogP contribution in [0.3, 0.4) is 0 Å². The molecule has 1 aliphatic carbocycles. The first-order chi connectivity index (χ1) is 15.2. The third-order valence-electron chi connectivity index (χ3n) is 6.42. The third kappa shape index (κ3) is 4.95. The number of carboxylic acids is 1. The van der Waals surface area contributed by atoms with Gasteiger partial charge in [-0.1, -0.05) is 11.6 Å². The van der Waals surface area contributed by atoms with Crippen LogP contribution in [0.25, 0.3) is 10.9 Å². The normalized spacial score (nSPS) is 23.2. The molecule has 0 bridgehead atoms. The van der Waals surface area contributed by atoms with Gasteiger partial charge in [-0.2, -0.15) is 0 Å². The van der Waals surface area contributed by atoms with Crippen LogP contribution in [-0.2, 0) is 4.79 Å². The third-order valence-corrected chi connectivity index (χ3v) is 6.74. The van der Waals surface area contributed by atoms with Gasteiger partial charge in [-0.05, 0) is 55.9 Å². The minimum absolute atomic E-state index is 0.0924. The molecule has 2 unspecified atom stereocenters. The van der Waals surface area contributed by atoms with Gasteiger partial charge in [0.1, 0.15) is 5.82 Å². The predicted molar refractivity (Wildman–Crippen MR) is 119 cm³/mol. The first kappa shape index (κ1) is 22.7. The summed E-state index contributed by atoms with van der Waals surface area (Å²) in [5.41, 5.74) is 0.839. The van der Waals surface area contributed by atoms with Crippen LogP contribution in [0.4, 0.5) is 14.6 Å². The van der Waals surface area contributed by atoms with Crippen LogP contribution in [0.5, 0.6) is 0 Å². The number of carboxylic acid groups (broad SMARTS) is 1. The Bertz CT molecular complexity index is 1030. The van der Waals surface area contributed by atoms with Gasteiger partial charge in [-0.3, -0.25) is 9.59 Å². The first-order valence-electron chi connectivity index (χ1n) is 11.0. The second-order valence-corrected chi connectivity index (χ2v) is 9.22. The number of halogens is 3. The maximum absolute atomic E-state index is 13.7. The highest BCUT2D eigenvalue weighted by atomic mass is 35.5. The molecule has 1 amide bonds. The Morgan fingerprint density at radius 3 is 2.78 bits per heavy atom. The Labute approximate surface area is 189 Å². The van der Waals surface area contributed by atoms with E-state index in [1.165, 1.54) is 0 Å². The van der Waals surface area contributed by atoms with Gasteiger partial charge in [0, 0.05) is 37.9 Å². The Morgan fingerprint density at radius 2 is 2.03 bits per heavy atom. The SMILES string of the molecule is O=C(NCC1CCCC(F)(F)C1)c1c(Cl)ccc2nc(N3CCCC(C(=O)O)C3)ccc12. The van der Waals surface area contributed by atoms with Crippen molar-refractivity contribution in [1.82, 2.24) is 10.3 Å². The van der Waals surface area contributed by atoms with E-state index in [1.54, 1.807) is 24.3 Å². The fourth-order valence-corrected chi connectivity index (χ4v) is 4.99. The molecule has 32 heavy (non-hydrogen) atoms. The van der Waals surface area contributed by atoms with Crippen molar-refractivity contribution in [1.29, 1.82) is 0 Å². The van der Waals surface area contributed by atoms with E-state index in [4.69, 9.17) is 11.6 Å². The van der Waals surface area contributed by atoms with E-state index in [2.05, 4.69) is 10.3 Å². The number of hydrogen-bond acceptors (Lipinski definition) is 4. The summed E-state index contributed by atoms with van der Waals surface area (Å²) in [6.07, 6.45) is 2.22. The average Bonchev–Trinajstić information content (AvgIpc) is 2.76. The average molecular weight is 466 g/mol. The molecule has 1 aliphatic heterocycles. The lowest BCUT2D eigenvalue weighted by Crippen LogP contribution is -2.39. The number of carbonyl (C=O) groups excluding carboxylic acids is 1. The summed E-state index contributed by atoms with van der Waals surface area (Å²) in [7, 11) is 0. The summed E-state index contributed by atoms with van der Waals surface area (Å²) in [5.74, 6) is -3.92. The van der Waals surface area contributed by atoms with Crippen molar-refractivity contribution >= 4 is 40.2 Å². The molecule has 2 heterocycles. The summed E-state index contributed by atoms with van der Waals surface area (Å²) in [6.45, 7) is 1.28. The lowest BCUT2D eigenvalue weighted by atomic mass is 9.86. The standard InChI is InChI=1S/C23H26ClF2N3O3/c24-17-6-7-18-16(5-8-19(28-18)29-10-2-4-15(13-29)22(31)32)20(17)21(30)27-12-14-3-1-9-23(25,26)11-14/h5-8,14-15H,1-4,9-13H2,(H,27,30)(H,31,32). The van der Waals surface area contributed by atoms with Crippen LogP contribution in [0, 0.1) is 11.8 Å². The number of nitrogens with zero attached hydrogens (tertiary/aromatic N) is 2. The van der Waals surface area contributed by atoms with E-state index in [0.717, 1.165) is 13.0 Å². The number of anilines is 1. The smallest absolute Gasteiger partial charge is 0.308 e. The second-order valence-electron chi connectivity index (χ2n) is 8.81. The van der Waals surface area contributed by atoms with Crippen LogP contribution in [-0.4, -0.2) is 47.5 Å². The number of aliphatic carboxylic acids is 1. The number of pyridine rings is 1. The predicted octanol–water partition coefficient (Wildman–Crippen LogP) is 4.74. The van der Waals surface area contributed by atoms with Crippen molar-refractivity contribution in [3.63, 3.8) is 0 Å². The van der Waals surface area contributed by atoms with E-state index >= 15 is 0 Å². The molecule has 9 heteroatoms. The van der Waals surface area contributed by atoms with Crippen molar-refractivity contribution < 1.29 is 23.5 Å². The van der Waals surface area contributed by atoms with E-state index < -0.39 is 23.7 Å². The summed E-state index contributed by atoms with van der Waals surface area (Å²) >= 11 is 6.32. The number of piperidine rings is 1. The van der Waals surface area contributed by atoms with Crippen molar-refractivity contribution in [2.24, 2.45) is 11.8 Å². The quantitative estimate of drug-likeness (QED) is 0.666. The van der Waals surface area contributed by atoms with E-state index in [9.17, 15) is 23.5 Å². The number of nitrogens with one attached hydrogen (secondary N) is 1. The van der Waals surface area contributed by atoms with Crippen LogP contribution in [0.1, 0.15) is 48.9 Å². The molecular weight excluding hydrogens is 440 g/mol. The summed E-state index contributed by atoms with van der Waals surface area (Å²) in [5, 5.41) is 12.9. The van der Waals surface area contributed by atoms with E-state index in [0.29, 0.717) is 42.5 Å². The fourth-order valence-electron chi connectivity index (χ4n) is 4.74. The number of aromatic nitrogens is 1. The minimum Gasteiger partial charge on any atom is -0.481 e. The van der Waals surface area contributed by atoms with Crippen molar-refractivity contribution in [2.75, 3.05) is 24.5 Å². The topological polar surface area (TPSA) is 82.5 Å². The van der Waals surface area contributed by atoms with E-state index in [1.807, 2.05) is 4.90 Å². The van der Waals surface area contributed by atoms with Gasteiger partial charge in [0.05, 0.1) is 22.0 Å². The number of hydrogen-bond donors (Lipinski definition) is 2. The molecule has 6 nitrogen and oxygen atoms in total. The van der Waals surface area contributed by atoms with Crippen LogP contribution in [0.15, 0.2) is 24.3 Å². The molecule has 1 saturated carbocycles. The second kappa shape index (κ2) is 9.17. The Balaban J connectivity index is 1.52. The highest BCUT2D eigenvalue weighted by Crippen LogP contribution is 2.36. The Kier molecular flexibility index (Phi) is 6.51. The molecule has 0 spiro atoms. The number of benzene rings is 1. The minimum atomic E-state index is -2.67. The Hall–Kier alpha value is -2.48. The molecule has 0 radical (unpaired) electrons. The molecule has 2 fully saturated rings. The summed E-state index contributed by atoms with van der Waals surface area (Å²) in [6, 6.07) is 6.85. The molecule has 2 N–H and O–H groups in total. The van der Waals surface area contributed by atoms with Crippen molar-refractivity contribution in [3.05, 3.63) is 34.9 Å². The number of rotatable bonds is 5. The zero-order valence-corrected chi connectivity index (χ0v) is 18.4. The number of carbonyl (C=O) groups is 2. The van der Waals surface area contributed by atoms with Gasteiger partial charge in [0.2, 0.25) is 5.92 Å². The van der Waals surface area contributed by atoms with Gasteiger partial charge < -0.3 is 15.3 Å². The number of fused-ring (bicyclic) bond motifs is 1. The number of alkyl halides is 2. The molecule has 2 aromatic rings. The van der Waals surface area contributed by atoms with Gasteiger partial charge in [0.25, 0.3) is 5.91 Å². The lowest BCUT2D eigenvalue weighted by Gasteiger charge is -2.31. The van der Waals surface area contributed by atoms with Crippen LogP contribution < -0.4 is 10.2 Å². The zero-order valence-electron chi connectivity index (χ0n) is 17.6. The summed E-state index contributed by atoms with van der Waals surface area (Å²) in [4.78, 5) is 30.9. The van der Waals surface area contributed by atoms with Crippen LogP contribution in [0.2, 0.25) is 5.02 Å². The van der Waals surface area contributed by atoms with E-state index in [-0.39, 0.29) is 35.9 Å². The molecule has 1 aromatic heterocycles. The molecule has 2 atom stereocenters. The van der Waals surface area contributed by atoms with Gasteiger partial charge in [-0.15, -0.1) is 0 Å². The van der Waals surface area contributed by atoms with Crippen LogP contribution >= 0.6 is 11.6 Å². The molecular formula is C23H26ClF2N3O3. The highest BCUT2D eigenvalue weighted by molar-refractivity contribution is 6.35. The van der Waals surface area contributed by atoms with Gasteiger partial charge >= 0.3 is 5.97 Å². The van der Waals surface area contributed by atoms with Crippen molar-refractivity contribution in [2.45, 2.75) is 44.4 Å². The maximum Gasteiger partial charge on any atom is 0.308 e. The highest BCUT2D eigenvalue weighted by Gasteiger charge is 2.36. The first-order valence-corrected chi connectivity index (χ1v) is 11.3. The maximum atomic E-state index is 13.7. The van der Waals surface area contributed by atoms with Crippen molar-refractivity contribution in [3.8, 4) is 0 Å².